The van der Waals surface area contributed by atoms with Gasteiger partial charge in [0.15, 0.2) is 11.5 Å². The van der Waals surface area contributed by atoms with E-state index in [0.717, 1.165) is 35.4 Å². The average Bonchev–Trinajstić information content (AvgIpc) is 3.36. The van der Waals surface area contributed by atoms with Crippen molar-refractivity contribution in [2.75, 3.05) is 20.8 Å². The zero-order chi connectivity index (χ0) is 25.2. The van der Waals surface area contributed by atoms with Gasteiger partial charge in [0.05, 0.1) is 31.7 Å². The number of nitro groups is 1. The van der Waals surface area contributed by atoms with E-state index in [4.69, 9.17) is 25.5 Å². The zero-order valence-corrected chi connectivity index (χ0v) is 21.9. The minimum atomic E-state index is -0.411. The number of nitrogens with zero attached hydrogens (tertiary/aromatic N) is 2. The molecule has 7 nitrogen and oxygen atoms in total. The number of non-ortho nitro benzene ring substituents is 1. The summed E-state index contributed by atoms with van der Waals surface area (Å²) < 4.78 is 17.3. The summed E-state index contributed by atoms with van der Waals surface area (Å²) in [4.78, 5) is 12.9. The van der Waals surface area contributed by atoms with E-state index in [1.165, 1.54) is 17.7 Å². The Morgan fingerprint density at radius 1 is 1.03 bits per heavy atom. The summed E-state index contributed by atoms with van der Waals surface area (Å²) in [6.45, 7) is 1.39. The van der Waals surface area contributed by atoms with Crippen LogP contribution in [0.3, 0.4) is 0 Å². The van der Waals surface area contributed by atoms with Gasteiger partial charge in [-0.25, -0.2) is 0 Å². The van der Waals surface area contributed by atoms with Crippen molar-refractivity contribution in [2.24, 2.45) is 0 Å². The molecule has 0 radical (unpaired) electrons. The Labute approximate surface area is 226 Å². The van der Waals surface area contributed by atoms with Gasteiger partial charge < -0.3 is 13.9 Å². The number of hydrogen-bond donors (Lipinski definition) is 0. The van der Waals surface area contributed by atoms with Crippen LogP contribution in [0.15, 0.2) is 77.2 Å². The lowest BCUT2D eigenvalue weighted by molar-refractivity contribution is -0.384. The van der Waals surface area contributed by atoms with Crippen molar-refractivity contribution in [3.8, 4) is 22.8 Å². The molecule has 2 heterocycles. The predicted molar refractivity (Wildman–Crippen MR) is 145 cm³/mol. The van der Waals surface area contributed by atoms with Gasteiger partial charge in [-0.2, -0.15) is 0 Å². The molecular weight excluding hydrogens is 515 g/mol. The molecule has 0 bridgehead atoms. The van der Waals surface area contributed by atoms with E-state index in [0.29, 0.717) is 28.8 Å². The van der Waals surface area contributed by atoms with Crippen LogP contribution in [0.25, 0.3) is 11.3 Å². The summed E-state index contributed by atoms with van der Waals surface area (Å²) >= 11 is 6.38. The topological polar surface area (TPSA) is 78.0 Å². The van der Waals surface area contributed by atoms with Crippen LogP contribution in [0, 0.1) is 10.1 Å². The molecule has 3 aromatic carbocycles. The van der Waals surface area contributed by atoms with Gasteiger partial charge in [0.1, 0.15) is 11.5 Å². The molecule has 9 heteroatoms. The lowest BCUT2D eigenvalue weighted by Gasteiger charge is -2.37. The highest BCUT2D eigenvalue weighted by Crippen LogP contribution is 2.42. The van der Waals surface area contributed by atoms with Gasteiger partial charge in [-0.3, -0.25) is 15.0 Å². The van der Waals surface area contributed by atoms with Gasteiger partial charge in [0, 0.05) is 29.3 Å². The Balaban J connectivity index is 0.00000320. The number of benzene rings is 3. The number of halogens is 2. The first kappa shape index (κ1) is 26.5. The van der Waals surface area contributed by atoms with Crippen LogP contribution in [0.1, 0.15) is 28.5 Å². The Morgan fingerprint density at radius 3 is 2.43 bits per heavy atom. The van der Waals surface area contributed by atoms with Crippen molar-refractivity contribution >= 4 is 29.7 Å². The van der Waals surface area contributed by atoms with Crippen molar-refractivity contribution in [2.45, 2.75) is 19.0 Å². The minimum absolute atomic E-state index is 0. The van der Waals surface area contributed by atoms with Crippen molar-refractivity contribution in [1.82, 2.24) is 4.90 Å². The molecule has 0 N–H and O–H groups in total. The first-order valence-electron chi connectivity index (χ1n) is 11.5. The molecule has 0 spiro atoms. The van der Waals surface area contributed by atoms with E-state index in [1.807, 2.05) is 30.3 Å². The third-order valence-electron chi connectivity index (χ3n) is 6.52. The molecule has 1 aromatic heterocycles. The summed E-state index contributed by atoms with van der Waals surface area (Å²) in [5.41, 5.74) is 4.27. The number of rotatable bonds is 7. The van der Waals surface area contributed by atoms with Crippen molar-refractivity contribution in [1.29, 1.82) is 0 Å². The van der Waals surface area contributed by atoms with Crippen LogP contribution in [-0.2, 0) is 13.0 Å². The molecule has 0 saturated carbocycles. The van der Waals surface area contributed by atoms with Crippen LogP contribution in [0.4, 0.5) is 5.69 Å². The van der Waals surface area contributed by atoms with Crippen LogP contribution in [0.2, 0.25) is 5.02 Å². The number of methoxy groups -OCH3 is 2. The Bertz CT molecular complexity index is 1400. The van der Waals surface area contributed by atoms with E-state index in [-0.39, 0.29) is 24.1 Å². The highest BCUT2D eigenvalue weighted by atomic mass is 35.5. The zero-order valence-electron chi connectivity index (χ0n) is 20.3. The van der Waals surface area contributed by atoms with Crippen molar-refractivity contribution in [3.63, 3.8) is 0 Å². The summed E-state index contributed by atoms with van der Waals surface area (Å²) in [6.07, 6.45) is 0.850. The van der Waals surface area contributed by atoms with Crippen LogP contribution in [0.5, 0.6) is 11.5 Å². The fraction of sp³-hybridized carbons (Fsp3) is 0.214. The monoisotopic (exact) mass is 540 g/mol. The lowest BCUT2D eigenvalue weighted by atomic mass is 9.87. The molecule has 0 amide bonds. The van der Waals surface area contributed by atoms with E-state index in [1.54, 1.807) is 26.4 Å². The fourth-order valence-electron chi connectivity index (χ4n) is 4.80. The standard InChI is InChI=1S/C28H25ClN2O5.ClH/c1-34-26-15-19-12-13-30(28(24(19)16-27(26)35-2)20-4-3-5-21(29)14-20)17-23-10-11-25(36-23)18-6-8-22(9-7-18)31(32)33;/h3-11,14-16,28H,12-13,17H2,1-2H3;1H. The number of ether oxygens (including phenoxy) is 2. The maximum atomic E-state index is 11.0. The first-order valence-corrected chi connectivity index (χ1v) is 11.9. The van der Waals surface area contributed by atoms with Crippen LogP contribution < -0.4 is 9.47 Å². The van der Waals surface area contributed by atoms with Gasteiger partial charge in [-0.1, -0.05) is 23.7 Å². The van der Waals surface area contributed by atoms with E-state index >= 15 is 0 Å². The Hall–Kier alpha value is -3.52. The molecule has 1 atom stereocenters. The lowest BCUT2D eigenvalue weighted by Crippen LogP contribution is -2.35. The average molecular weight is 541 g/mol. The van der Waals surface area contributed by atoms with Gasteiger partial charge in [-0.15, -0.1) is 12.4 Å². The molecule has 37 heavy (non-hydrogen) atoms. The van der Waals surface area contributed by atoms with Crippen molar-refractivity contribution in [3.05, 3.63) is 110 Å². The third kappa shape index (κ3) is 5.44. The first-order chi connectivity index (χ1) is 17.5. The molecular formula is C28H26Cl2N2O5. The smallest absolute Gasteiger partial charge is 0.269 e. The molecule has 0 aliphatic carbocycles. The summed E-state index contributed by atoms with van der Waals surface area (Å²) in [5, 5.41) is 11.6. The Morgan fingerprint density at radius 2 is 1.76 bits per heavy atom. The van der Waals surface area contributed by atoms with E-state index in [2.05, 4.69) is 23.1 Å². The maximum absolute atomic E-state index is 11.0. The maximum Gasteiger partial charge on any atom is 0.269 e. The Kier molecular flexibility index (Phi) is 8.07. The number of hydrogen-bond acceptors (Lipinski definition) is 6. The van der Waals surface area contributed by atoms with Gasteiger partial charge in [-0.05, 0) is 71.6 Å². The highest BCUT2D eigenvalue weighted by Gasteiger charge is 2.31. The molecule has 192 valence electrons. The summed E-state index contributed by atoms with van der Waals surface area (Å²) in [7, 11) is 3.29. The largest absolute Gasteiger partial charge is 0.493 e. The molecule has 1 unspecified atom stereocenters. The molecule has 1 aliphatic heterocycles. The number of nitro benzene ring substituents is 1. The summed E-state index contributed by atoms with van der Waals surface area (Å²) in [5.74, 6) is 2.87. The quantitative estimate of drug-likeness (QED) is 0.184. The van der Waals surface area contributed by atoms with Crippen molar-refractivity contribution < 1.29 is 18.8 Å². The fourth-order valence-corrected chi connectivity index (χ4v) is 5.00. The van der Waals surface area contributed by atoms with E-state index < -0.39 is 4.92 Å². The molecule has 4 aromatic rings. The van der Waals surface area contributed by atoms with Crippen LogP contribution >= 0.6 is 24.0 Å². The van der Waals surface area contributed by atoms with Gasteiger partial charge >= 0.3 is 0 Å². The minimum Gasteiger partial charge on any atom is -0.493 e. The third-order valence-corrected chi connectivity index (χ3v) is 6.76. The SMILES string of the molecule is COc1cc2c(cc1OC)C(c1cccc(Cl)c1)N(Cc1ccc(-c3ccc([N+](=O)[O-])cc3)o1)CC2.Cl. The molecule has 5 rings (SSSR count). The van der Waals surface area contributed by atoms with Gasteiger partial charge in [0.2, 0.25) is 0 Å². The molecule has 0 fully saturated rings. The second-order valence-electron chi connectivity index (χ2n) is 8.65. The molecule has 0 saturated heterocycles. The van der Waals surface area contributed by atoms with Gasteiger partial charge in [0.25, 0.3) is 5.69 Å². The number of furan rings is 1. The normalized spacial score (nSPS) is 14.9. The number of fused-ring (bicyclic) bond motifs is 1. The highest BCUT2D eigenvalue weighted by molar-refractivity contribution is 6.30. The van der Waals surface area contributed by atoms with E-state index in [9.17, 15) is 10.1 Å². The second kappa shape index (κ2) is 11.3. The molecule has 1 aliphatic rings. The second-order valence-corrected chi connectivity index (χ2v) is 9.09. The van der Waals surface area contributed by atoms with Crippen LogP contribution in [-0.4, -0.2) is 30.6 Å². The summed E-state index contributed by atoms with van der Waals surface area (Å²) in [6, 6.07) is 22.2. The predicted octanol–water partition coefficient (Wildman–Crippen LogP) is 7.09.